The van der Waals surface area contributed by atoms with Crippen LogP contribution in [-0.4, -0.2) is 5.78 Å². The SMILES string of the molecule is Clc1ccc(-c2cc[c-]cc2)c(Cl)c1.[CH2-]C1CCC(=O)CC1.[O]=[Os]. The second kappa shape index (κ2) is 11.6. The van der Waals surface area contributed by atoms with Gasteiger partial charge in [0, 0.05) is 22.9 Å². The second-order valence-corrected chi connectivity index (χ2v) is 6.24. The van der Waals surface area contributed by atoms with Crippen LogP contribution in [0.5, 0.6) is 0 Å². The summed E-state index contributed by atoms with van der Waals surface area (Å²) in [7, 11) is 0. The Balaban J connectivity index is 0.000000245. The quantitative estimate of drug-likeness (QED) is 0.422. The van der Waals surface area contributed by atoms with Gasteiger partial charge in [-0.25, -0.2) is 0 Å². The summed E-state index contributed by atoms with van der Waals surface area (Å²) in [5, 5.41) is 1.32. The third-order valence-electron chi connectivity index (χ3n) is 3.62. The fourth-order valence-corrected chi connectivity index (χ4v) is 2.81. The summed E-state index contributed by atoms with van der Waals surface area (Å²) in [6.07, 6.45) is 3.57. The van der Waals surface area contributed by atoms with E-state index in [2.05, 4.69) is 13.0 Å². The zero-order valence-electron chi connectivity index (χ0n) is 13.1. The van der Waals surface area contributed by atoms with Crippen molar-refractivity contribution in [3.63, 3.8) is 0 Å². The molecule has 1 fully saturated rings. The molecule has 130 valence electrons. The van der Waals surface area contributed by atoms with Gasteiger partial charge >= 0.3 is 22.1 Å². The van der Waals surface area contributed by atoms with Crippen molar-refractivity contribution in [2.75, 3.05) is 0 Å². The second-order valence-electron chi connectivity index (χ2n) is 5.39. The van der Waals surface area contributed by atoms with E-state index in [1.807, 2.05) is 36.4 Å². The molecule has 0 bridgehead atoms. The van der Waals surface area contributed by atoms with E-state index in [0.29, 0.717) is 40.3 Å². The van der Waals surface area contributed by atoms with Crippen LogP contribution < -0.4 is 0 Å². The molecule has 24 heavy (non-hydrogen) atoms. The molecule has 0 saturated heterocycles. The molecule has 0 aromatic heterocycles. The number of hydrogen-bond donors (Lipinski definition) is 0. The summed E-state index contributed by atoms with van der Waals surface area (Å²) < 4.78 is 8.28. The summed E-state index contributed by atoms with van der Waals surface area (Å²) in [6, 6.07) is 16.1. The molecular formula is C19H18Cl2O2Os-2. The van der Waals surface area contributed by atoms with E-state index in [9.17, 15) is 4.79 Å². The molecule has 0 N–H and O–H groups in total. The first-order valence-corrected chi connectivity index (χ1v) is 9.26. The van der Waals surface area contributed by atoms with Crippen LogP contribution in [0, 0.1) is 18.9 Å². The first kappa shape index (κ1) is 21.2. The molecule has 1 saturated carbocycles. The number of ketones is 1. The molecular weight excluding hydrogens is 521 g/mol. The van der Waals surface area contributed by atoms with Crippen LogP contribution in [0.4, 0.5) is 0 Å². The molecule has 3 rings (SSSR count). The Hall–Kier alpha value is -0.874. The summed E-state index contributed by atoms with van der Waals surface area (Å²) in [6.45, 7) is 3.88. The fourth-order valence-electron chi connectivity index (χ4n) is 2.29. The van der Waals surface area contributed by atoms with Crippen LogP contribution in [0.3, 0.4) is 0 Å². The number of carbonyl (C=O) groups is 1. The van der Waals surface area contributed by atoms with E-state index in [4.69, 9.17) is 26.7 Å². The number of rotatable bonds is 1. The molecule has 1 aliphatic rings. The minimum atomic E-state index is 0.421. The number of carbonyl (C=O) groups excluding carboxylic acids is 1. The van der Waals surface area contributed by atoms with Gasteiger partial charge in [0.25, 0.3) is 0 Å². The average molecular weight is 539 g/mol. The first-order chi connectivity index (χ1) is 11.6. The van der Waals surface area contributed by atoms with Crippen LogP contribution in [0.15, 0.2) is 42.5 Å². The van der Waals surface area contributed by atoms with Crippen molar-refractivity contribution < 1.29 is 26.9 Å². The maximum absolute atomic E-state index is 10.6. The Bertz CT molecular complexity index is 637. The van der Waals surface area contributed by atoms with Crippen LogP contribution in [0.2, 0.25) is 10.0 Å². The van der Waals surface area contributed by atoms with Gasteiger partial charge in [-0.1, -0.05) is 42.1 Å². The van der Waals surface area contributed by atoms with Crippen LogP contribution in [-0.2, 0) is 26.9 Å². The molecule has 0 heterocycles. The van der Waals surface area contributed by atoms with Gasteiger partial charge in [-0.15, -0.1) is 5.56 Å². The van der Waals surface area contributed by atoms with Crippen molar-refractivity contribution >= 4 is 29.0 Å². The Morgan fingerprint density at radius 1 is 1.04 bits per heavy atom. The summed E-state index contributed by atoms with van der Waals surface area (Å²) in [4.78, 5) is 10.6. The zero-order valence-corrected chi connectivity index (χ0v) is 17.1. The fraction of sp³-hybridized carbons (Fsp3) is 0.263. The van der Waals surface area contributed by atoms with E-state index >= 15 is 0 Å². The van der Waals surface area contributed by atoms with Crippen LogP contribution in [0.25, 0.3) is 11.1 Å². The molecule has 2 aromatic rings. The van der Waals surface area contributed by atoms with Gasteiger partial charge < -0.3 is 6.92 Å². The van der Waals surface area contributed by atoms with Crippen molar-refractivity contribution in [2.24, 2.45) is 5.92 Å². The average Bonchev–Trinajstić information content (AvgIpc) is 2.61. The molecule has 0 atom stereocenters. The molecule has 0 spiro atoms. The van der Waals surface area contributed by atoms with Gasteiger partial charge in [-0.05, 0) is 17.7 Å². The Kier molecular flexibility index (Phi) is 10.3. The number of Topliss-reactive ketones (excluding diaryl/α,β-unsaturated/α-hetero) is 1. The molecule has 2 nitrogen and oxygen atoms in total. The van der Waals surface area contributed by atoms with Gasteiger partial charge in [0.1, 0.15) is 5.78 Å². The standard InChI is InChI=1S/C12H7Cl2.C7H11O.O.Os/c13-10-6-7-11(12(14)8-10)9-4-2-1-3-5-9;1-6-2-4-7(8)5-3-6;;/h2-8H;6H,1-5H2;;/q2*-1;;. The Morgan fingerprint density at radius 2 is 1.62 bits per heavy atom. The summed E-state index contributed by atoms with van der Waals surface area (Å²) in [5.41, 5.74) is 2.07. The number of halogens is 2. The Labute approximate surface area is 163 Å². The summed E-state index contributed by atoms with van der Waals surface area (Å²) in [5.74, 6) is 0.970. The van der Waals surface area contributed by atoms with Crippen molar-refractivity contribution in [3.8, 4) is 11.1 Å². The molecule has 0 aliphatic heterocycles. The number of benzene rings is 2. The Morgan fingerprint density at radius 3 is 2.12 bits per heavy atom. The molecule has 0 radical (unpaired) electrons. The van der Waals surface area contributed by atoms with E-state index in [0.717, 1.165) is 36.8 Å². The first-order valence-electron chi connectivity index (χ1n) is 7.47. The molecule has 2 aromatic carbocycles. The zero-order chi connectivity index (χ0) is 17.9. The molecule has 1 aliphatic carbocycles. The van der Waals surface area contributed by atoms with Crippen LogP contribution >= 0.6 is 23.2 Å². The van der Waals surface area contributed by atoms with E-state index < -0.39 is 0 Å². The molecule has 0 unspecified atom stereocenters. The van der Waals surface area contributed by atoms with E-state index in [1.54, 1.807) is 6.07 Å². The third-order valence-corrected chi connectivity index (χ3v) is 4.17. The van der Waals surface area contributed by atoms with Gasteiger partial charge in [-0.2, -0.15) is 36.2 Å². The van der Waals surface area contributed by atoms with Crippen LogP contribution in [0.1, 0.15) is 25.7 Å². The molecule has 5 heteroatoms. The van der Waals surface area contributed by atoms with Crippen molar-refractivity contribution in [3.05, 3.63) is 65.5 Å². The van der Waals surface area contributed by atoms with Gasteiger partial charge in [-0.3, -0.25) is 4.79 Å². The topological polar surface area (TPSA) is 34.1 Å². The normalized spacial score (nSPS) is 14.1. The maximum atomic E-state index is 10.6. The molecule has 0 amide bonds. The van der Waals surface area contributed by atoms with Crippen molar-refractivity contribution in [1.82, 2.24) is 0 Å². The number of hydrogen-bond acceptors (Lipinski definition) is 2. The van der Waals surface area contributed by atoms with Crippen molar-refractivity contribution in [1.29, 1.82) is 0 Å². The van der Waals surface area contributed by atoms with Gasteiger partial charge in [0.05, 0.1) is 0 Å². The van der Waals surface area contributed by atoms with E-state index in [-0.39, 0.29) is 0 Å². The monoisotopic (exact) mass is 540 g/mol. The van der Waals surface area contributed by atoms with Gasteiger partial charge in [0.15, 0.2) is 0 Å². The van der Waals surface area contributed by atoms with E-state index in [1.165, 1.54) is 0 Å². The van der Waals surface area contributed by atoms with Gasteiger partial charge in [0.2, 0.25) is 0 Å². The minimum absolute atomic E-state index is 0.421. The third kappa shape index (κ3) is 7.35. The predicted octanol–water partition coefficient (Wildman–Crippen LogP) is 5.92. The van der Waals surface area contributed by atoms with Crippen molar-refractivity contribution in [2.45, 2.75) is 25.7 Å². The predicted molar refractivity (Wildman–Crippen MR) is 93.7 cm³/mol. The summed E-state index contributed by atoms with van der Waals surface area (Å²) >= 11 is 12.5.